The Kier molecular flexibility index (Phi) is 5.84. The van der Waals surface area contributed by atoms with Crippen molar-refractivity contribution in [1.29, 1.82) is 0 Å². The molecule has 2 amide bonds. The van der Waals surface area contributed by atoms with Gasteiger partial charge >= 0.3 is 0 Å². The van der Waals surface area contributed by atoms with Gasteiger partial charge in [-0.1, -0.05) is 42.5 Å². The molecule has 2 saturated heterocycles. The number of amides is 2. The second kappa shape index (κ2) is 8.68. The van der Waals surface area contributed by atoms with Gasteiger partial charge in [0.1, 0.15) is 5.75 Å². The molecule has 4 rings (SSSR count). The van der Waals surface area contributed by atoms with Crippen LogP contribution in [-0.4, -0.2) is 52.9 Å². The van der Waals surface area contributed by atoms with Crippen molar-refractivity contribution in [2.24, 2.45) is 5.92 Å². The molecule has 2 fully saturated rings. The predicted molar refractivity (Wildman–Crippen MR) is 111 cm³/mol. The molecule has 1 atom stereocenters. The molecule has 2 heterocycles. The van der Waals surface area contributed by atoms with Crippen LogP contribution in [0.4, 0.5) is 0 Å². The largest absolute Gasteiger partial charge is 0.508 e. The zero-order chi connectivity index (χ0) is 20.2. The zero-order valence-corrected chi connectivity index (χ0v) is 16.7. The summed E-state index contributed by atoms with van der Waals surface area (Å²) in [5.74, 6) is 0.725. The first kappa shape index (κ1) is 19.5. The van der Waals surface area contributed by atoms with Crippen LogP contribution in [0.5, 0.6) is 5.75 Å². The van der Waals surface area contributed by atoms with Gasteiger partial charge in [-0.05, 0) is 48.4 Å². The Bertz CT molecular complexity index is 842. The minimum atomic E-state index is -0.205. The number of carbonyl (C=O) groups is 2. The van der Waals surface area contributed by atoms with E-state index in [-0.39, 0.29) is 23.5 Å². The Hall–Kier alpha value is -2.82. The third kappa shape index (κ3) is 4.61. The number of hydrogen-bond donors (Lipinski definition) is 1. The highest BCUT2D eigenvalue weighted by Gasteiger charge is 2.37. The molecule has 0 spiro atoms. The normalized spacial score (nSPS) is 20.3. The summed E-state index contributed by atoms with van der Waals surface area (Å²) in [7, 11) is 0. The van der Waals surface area contributed by atoms with Crippen molar-refractivity contribution in [2.75, 3.05) is 26.2 Å². The average Bonchev–Trinajstić information content (AvgIpc) is 3.14. The fraction of sp³-hybridized carbons (Fsp3) is 0.417. The van der Waals surface area contributed by atoms with Crippen LogP contribution in [0.15, 0.2) is 54.6 Å². The van der Waals surface area contributed by atoms with Gasteiger partial charge in [0.25, 0.3) is 0 Å². The molecule has 0 bridgehead atoms. The lowest BCUT2D eigenvalue weighted by atomic mass is 9.89. The second-order valence-electron chi connectivity index (χ2n) is 8.17. The number of benzene rings is 2. The number of nitrogens with zero attached hydrogens (tertiary/aromatic N) is 2. The lowest BCUT2D eigenvalue weighted by Crippen LogP contribution is -2.42. The molecule has 0 aliphatic carbocycles. The monoisotopic (exact) mass is 392 g/mol. The summed E-state index contributed by atoms with van der Waals surface area (Å²) in [4.78, 5) is 29.1. The Morgan fingerprint density at radius 1 is 1.00 bits per heavy atom. The zero-order valence-electron chi connectivity index (χ0n) is 16.7. The number of phenolic OH excluding ortho intramolecular Hbond substituents is 1. The minimum absolute atomic E-state index is 0.0956. The number of hydrogen-bond acceptors (Lipinski definition) is 3. The number of likely N-dealkylation sites (tertiary alicyclic amines) is 2. The van der Waals surface area contributed by atoms with Gasteiger partial charge in [-0.2, -0.15) is 0 Å². The van der Waals surface area contributed by atoms with E-state index in [2.05, 4.69) is 12.1 Å². The maximum atomic E-state index is 13.0. The molecule has 2 aromatic rings. The third-order valence-electron chi connectivity index (χ3n) is 6.25. The van der Waals surface area contributed by atoms with Crippen molar-refractivity contribution in [2.45, 2.75) is 31.6 Å². The molecule has 0 radical (unpaired) electrons. The molecule has 5 nitrogen and oxygen atoms in total. The van der Waals surface area contributed by atoms with Crippen molar-refractivity contribution in [3.63, 3.8) is 0 Å². The Morgan fingerprint density at radius 2 is 1.69 bits per heavy atom. The van der Waals surface area contributed by atoms with E-state index < -0.39 is 0 Å². The van der Waals surface area contributed by atoms with E-state index in [9.17, 15) is 14.7 Å². The quantitative estimate of drug-likeness (QED) is 0.850. The van der Waals surface area contributed by atoms with Crippen LogP contribution in [0, 0.1) is 5.92 Å². The first-order valence-electron chi connectivity index (χ1n) is 10.5. The van der Waals surface area contributed by atoms with Crippen LogP contribution in [0.25, 0.3) is 0 Å². The molecule has 2 aliphatic rings. The second-order valence-corrected chi connectivity index (χ2v) is 8.17. The molecule has 152 valence electrons. The molecule has 2 aromatic carbocycles. The van der Waals surface area contributed by atoms with Gasteiger partial charge < -0.3 is 14.9 Å². The highest BCUT2D eigenvalue weighted by Crippen LogP contribution is 2.30. The number of carbonyl (C=O) groups excluding carboxylic acids is 2. The van der Waals surface area contributed by atoms with Gasteiger partial charge in [-0.25, -0.2) is 0 Å². The van der Waals surface area contributed by atoms with Gasteiger partial charge in [-0.3, -0.25) is 9.59 Å². The molecular weight excluding hydrogens is 364 g/mol. The average molecular weight is 392 g/mol. The van der Waals surface area contributed by atoms with Gasteiger partial charge in [0.15, 0.2) is 0 Å². The van der Waals surface area contributed by atoms with Crippen molar-refractivity contribution < 1.29 is 14.7 Å². The Labute approximate surface area is 171 Å². The highest BCUT2D eigenvalue weighted by atomic mass is 16.3. The number of piperidine rings is 1. The number of phenols is 1. The van der Waals surface area contributed by atoms with Gasteiger partial charge in [0.2, 0.25) is 11.8 Å². The number of rotatable bonds is 5. The van der Waals surface area contributed by atoms with Crippen molar-refractivity contribution in [3.05, 3.63) is 65.7 Å². The standard InChI is InChI=1S/C24H28N2O3/c27-22-8-6-19(7-9-22)20-11-14-25(15-12-20)24(29)21-16-23(28)26(17-21)13-10-18-4-2-1-3-5-18/h1-9,20-21,27H,10-17H2. The van der Waals surface area contributed by atoms with Gasteiger partial charge in [0, 0.05) is 32.6 Å². The topological polar surface area (TPSA) is 60.9 Å². The predicted octanol–water partition coefficient (Wildman–Crippen LogP) is 3.19. The molecular formula is C24H28N2O3. The first-order chi connectivity index (χ1) is 14.1. The van der Waals surface area contributed by atoms with E-state index in [0.717, 1.165) is 32.4 Å². The molecule has 0 saturated carbocycles. The molecule has 29 heavy (non-hydrogen) atoms. The molecule has 2 aliphatic heterocycles. The summed E-state index contributed by atoms with van der Waals surface area (Å²) in [6.07, 6.45) is 3.01. The first-order valence-corrected chi connectivity index (χ1v) is 10.5. The van der Waals surface area contributed by atoms with Gasteiger partial charge in [0.05, 0.1) is 5.92 Å². The van der Waals surface area contributed by atoms with Crippen LogP contribution in [0.2, 0.25) is 0 Å². The maximum Gasteiger partial charge on any atom is 0.227 e. The molecule has 0 aromatic heterocycles. The summed E-state index contributed by atoms with van der Waals surface area (Å²) < 4.78 is 0. The smallest absolute Gasteiger partial charge is 0.227 e. The summed E-state index contributed by atoms with van der Waals surface area (Å²) in [6.45, 7) is 2.69. The van der Waals surface area contributed by atoms with E-state index in [0.29, 0.717) is 25.4 Å². The van der Waals surface area contributed by atoms with E-state index in [1.54, 1.807) is 12.1 Å². The van der Waals surface area contributed by atoms with Crippen LogP contribution < -0.4 is 0 Å². The number of aromatic hydroxyl groups is 1. The summed E-state index contributed by atoms with van der Waals surface area (Å²) in [5.41, 5.74) is 2.43. The summed E-state index contributed by atoms with van der Waals surface area (Å²) in [6, 6.07) is 17.5. The van der Waals surface area contributed by atoms with E-state index in [1.165, 1.54) is 11.1 Å². The lowest BCUT2D eigenvalue weighted by Gasteiger charge is -2.33. The summed E-state index contributed by atoms with van der Waals surface area (Å²) in [5, 5.41) is 9.45. The van der Waals surface area contributed by atoms with Crippen LogP contribution in [0.1, 0.15) is 36.3 Å². The van der Waals surface area contributed by atoms with E-state index in [4.69, 9.17) is 0 Å². The molecule has 1 unspecified atom stereocenters. The Morgan fingerprint density at radius 3 is 2.38 bits per heavy atom. The van der Waals surface area contributed by atoms with Crippen LogP contribution >= 0.6 is 0 Å². The minimum Gasteiger partial charge on any atom is -0.508 e. The lowest BCUT2D eigenvalue weighted by molar-refractivity contribution is -0.136. The van der Waals surface area contributed by atoms with Crippen molar-refractivity contribution >= 4 is 11.8 Å². The van der Waals surface area contributed by atoms with E-state index >= 15 is 0 Å². The maximum absolute atomic E-state index is 13.0. The highest BCUT2D eigenvalue weighted by molar-refractivity contribution is 5.89. The fourth-order valence-electron chi connectivity index (χ4n) is 4.50. The van der Waals surface area contributed by atoms with E-state index in [1.807, 2.05) is 40.1 Å². The molecule has 1 N–H and O–H groups in total. The van der Waals surface area contributed by atoms with Crippen molar-refractivity contribution in [3.8, 4) is 5.75 Å². The van der Waals surface area contributed by atoms with Crippen LogP contribution in [0.3, 0.4) is 0 Å². The third-order valence-corrected chi connectivity index (χ3v) is 6.25. The summed E-state index contributed by atoms with van der Waals surface area (Å²) >= 11 is 0. The SMILES string of the molecule is O=C1CC(C(=O)N2CCC(c3ccc(O)cc3)CC2)CN1CCc1ccccc1. The fourth-order valence-corrected chi connectivity index (χ4v) is 4.50. The molecule has 5 heteroatoms. The van der Waals surface area contributed by atoms with Gasteiger partial charge in [-0.15, -0.1) is 0 Å². The van der Waals surface area contributed by atoms with Crippen molar-refractivity contribution in [1.82, 2.24) is 9.80 Å². The van der Waals surface area contributed by atoms with Crippen LogP contribution in [-0.2, 0) is 16.0 Å². The Balaban J connectivity index is 1.28.